The number of hydrogen-bond acceptors (Lipinski definition) is 2. The Bertz CT molecular complexity index is 1120. The van der Waals surface area contributed by atoms with E-state index in [2.05, 4.69) is 126 Å². The maximum Gasteiger partial charge on any atom is 0.253 e. The van der Waals surface area contributed by atoms with Crippen molar-refractivity contribution in [2.24, 2.45) is 0 Å². The summed E-state index contributed by atoms with van der Waals surface area (Å²) in [6.45, 7) is 20.1. The molecule has 2 unspecified atom stereocenters. The molecule has 0 rings (SSSR count). The normalized spacial score (nSPS) is 13.9. The van der Waals surface area contributed by atoms with Crippen molar-refractivity contribution in [3.8, 4) is 70.4 Å². The molecule has 218 valence electrons. The highest BCUT2D eigenvalue weighted by atomic mass is 28.3. The molecule has 0 fully saturated rings. The number of rotatable bonds is 11. The lowest BCUT2D eigenvalue weighted by Crippen LogP contribution is -2.34. The highest BCUT2D eigenvalue weighted by Gasteiger charge is 2.31. The average molecular weight is 591 g/mol. The molecule has 0 saturated carbocycles. The van der Waals surface area contributed by atoms with E-state index in [0.29, 0.717) is 6.42 Å². The third kappa shape index (κ3) is 10.4. The molecule has 5 heteroatoms. The SMILES string of the molecule is C#CC(C#CC(C#CCC#C[Si](CC)(CC)CC)(C#C[Si](CC)(CC)CC)OC)(C#C[Si](CC)(CC)CC)OC. The van der Waals surface area contributed by atoms with Gasteiger partial charge in [-0.15, -0.1) is 23.1 Å². The van der Waals surface area contributed by atoms with Gasteiger partial charge in [-0.05, 0) is 89.9 Å². The van der Waals surface area contributed by atoms with Crippen molar-refractivity contribution in [1.82, 2.24) is 0 Å². The lowest BCUT2D eigenvalue weighted by molar-refractivity contribution is 0.130. The molecule has 0 aromatic heterocycles. The topological polar surface area (TPSA) is 18.5 Å². The van der Waals surface area contributed by atoms with Crippen LogP contribution in [0.4, 0.5) is 0 Å². The van der Waals surface area contributed by atoms with Crippen molar-refractivity contribution in [3.63, 3.8) is 0 Å². The number of methoxy groups -OCH3 is 2. The van der Waals surface area contributed by atoms with Crippen molar-refractivity contribution < 1.29 is 9.47 Å². The Hall–Kier alpha value is -2.07. The summed E-state index contributed by atoms with van der Waals surface area (Å²) < 4.78 is 11.7. The Labute approximate surface area is 252 Å². The molecule has 0 radical (unpaired) electrons. The lowest BCUT2D eigenvalue weighted by Gasteiger charge is -2.23. The van der Waals surface area contributed by atoms with E-state index in [1.165, 1.54) is 18.1 Å². The molecule has 0 saturated heterocycles. The smallest absolute Gasteiger partial charge is 0.253 e. The second kappa shape index (κ2) is 18.4. The molecule has 0 aliphatic heterocycles. The van der Waals surface area contributed by atoms with Crippen molar-refractivity contribution in [2.75, 3.05) is 14.2 Å². The van der Waals surface area contributed by atoms with Crippen molar-refractivity contribution in [2.45, 2.75) is 134 Å². The van der Waals surface area contributed by atoms with Gasteiger partial charge in [-0.3, -0.25) is 0 Å². The summed E-state index contributed by atoms with van der Waals surface area (Å²) in [7, 11) is -1.88. The summed E-state index contributed by atoms with van der Waals surface area (Å²) in [5.74, 6) is 25.5. The van der Waals surface area contributed by atoms with Gasteiger partial charge in [0.25, 0.3) is 11.2 Å². The van der Waals surface area contributed by atoms with Crippen LogP contribution in [0.5, 0.6) is 0 Å². The quantitative estimate of drug-likeness (QED) is 0.180. The highest BCUT2D eigenvalue weighted by molar-refractivity contribution is 6.88. The summed E-state index contributed by atoms with van der Waals surface area (Å²) in [5.41, 5.74) is 8.17. The fraction of sp³-hybridized carbons (Fsp3) is 0.657. The molecule has 0 aromatic carbocycles. The van der Waals surface area contributed by atoms with Crippen LogP contribution < -0.4 is 0 Å². The predicted molar refractivity (Wildman–Crippen MR) is 183 cm³/mol. The molecular weight excluding hydrogens is 537 g/mol. The van der Waals surface area contributed by atoms with Crippen molar-refractivity contribution >= 4 is 24.2 Å². The van der Waals surface area contributed by atoms with Gasteiger partial charge in [0.05, 0.1) is 6.42 Å². The van der Waals surface area contributed by atoms with Gasteiger partial charge in [0.1, 0.15) is 24.2 Å². The van der Waals surface area contributed by atoms with Gasteiger partial charge < -0.3 is 9.47 Å². The van der Waals surface area contributed by atoms with Crippen LogP contribution in [0, 0.1) is 70.4 Å². The predicted octanol–water partition coefficient (Wildman–Crippen LogP) is 7.94. The monoisotopic (exact) mass is 590 g/mol. The molecule has 0 amide bonds. The van der Waals surface area contributed by atoms with E-state index in [-0.39, 0.29) is 0 Å². The third-order valence-electron chi connectivity index (χ3n) is 9.12. The van der Waals surface area contributed by atoms with Crippen molar-refractivity contribution in [3.05, 3.63) is 0 Å². The fourth-order valence-corrected chi connectivity index (χ4v) is 12.1. The molecule has 0 N–H and O–H groups in total. The molecule has 2 atom stereocenters. The van der Waals surface area contributed by atoms with E-state index in [9.17, 15) is 0 Å². The van der Waals surface area contributed by atoms with Crippen LogP contribution in [0.25, 0.3) is 0 Å². The summed E-state index contributed by atoms with van der Waals surface area (Å²) in [6, 6.07) is 9.94. The number of ether oxygens (including phenoxy) is 2. The maximum absolute atomic E-state index is 5.99. The fourth-order valence-electron chi connectivity index (χ4n) is 4.62. The molecule has 0 aliphatic rings. The average Bonchev–Trinajstić information content (AvgIpc) is 3.02. The minimum Gasteiger partial charge on any atom is -0.345 e. The maximum atomic E-state index is 5.99. The summed E-state index contributed by atoms with van der Waals surface area (Å²) in [5, 5.41) is 0. The van der Waals surface area contributed by atoms with Gasteiger partial charge in [-0.25, -0.2) is 0 Å². The standard InChI is InChI=1S/C35H54O2Si3/c1-13-34(36-11,29-32-39(17-5,18-6)19-7)27-28-35(37-12,30-33-40(20-8,21-9)22-10)26-24-23-25-31-38(14-2,15-3)16-4/h1H,14-23H2,2-12H3. The molecule has 0 aliphatic carbocycles. The van der Waals surface area contributed by atoms with E-state index in [1.54, 1.807) is 14.2 Å². The Morgan fingerprint density at radius 3 is 1.18 bits per heavy atom. The van der Waals surface area contributed by atoms with Gasteiger partial charge in [0.2, 0.25) is 0 Å². The van der Waals surface area contributed by atoms with Crippen LogP contribution in [-0.4, -0.2) is 49.6 Å². The Kier molecular flexibility index (Phi) is 17.4. The molecule has 0 spiro atoms. The van der Waals surface area contributed by atoms with Crippen molar-refractivity contribution in [1.29, 1.82) is 0 Å². The first-order chi connectivity index (χ1) is 19.1. The Morgan fingerprint density at radius 2 is 0.825 bits per heavy atom. The number of hydrogen-bond donors (Lipinski definition) is 0. The molecule has 0 aromatic rings. The first kappa shape index (κ1) is 37.9. The summed E-state index contributed by atoms with van der Waals surface area (Å²) in [4.78, 5) is 0. The van der Waals surface area contributed by atoms with Crippen LogP contribution in [-0.2, 0) is 9.47 Å². The lowest BCUT2D eigenvalue weighted by atomic mass is 10.0. The van der Waals surface area contributed by atoms with Gasteiger partial charge in [0, 0.05) is 14.2 Å². The van der Waals surface area contributed by atoms with Gasteiger partial charge >= 0.3 is 0 Å². The Balaban J connectivity index is 7.02. The first-order valence-corrected chi connectivity index (χ1v) is 23.1. The zero-order valence-electron chi connectivity index (χ0n) is 27.5. The van der Waals surface area contributed by atoms with E-state index < -0.39 is 35.4 Å². The van der Waals surface area contributed by atoms with Crippen LogP contribution in [0.1, 0.15) is 68.7 Å². The molecule has 40 heavy (non-hydrogen) atoms. The zero-order valence-corrected chi connectivity index (χ0v) is 30.5. The second-order valence-electron chi connectivity index (χ2n) is 10.5. The van der Waals surface area contributed by atoms with Gasteiger partial charge in [-0.2, -0.15) is 0 Å². The van der Waals surface area contributed by atoms with E-state index >= 15 is 0 Å². The van der Waals surface area contributed by atoms with E-state index in [4.69, 9.17) is 15.9 Å². The highest BCUT2D eigenvalue weighted by Crippen LogP contribution is 2.22. The minimum atomic E-state index is -1.78. The van der Waals surface area contributed by atoms with Crippen LogP contribution in [0.3, 0.4) is 0 Å². The first-order valence-electron chi connectivity index (χ1n) is 15.3. The van der Waals surface area contributed by atoms with E-state index in [0.717, 1.165) is 36.3 Å². The van der Waals surface area contributed by atoms with Gasteiger partial charge in [0.15, 0.2) is 0 Å². The van der Waals surface area contributed by atoms with Crippen LogP contribution in [0.15, 0.2) is 0 Å². The third-order valence-corrected chi connectivity index (χ3v) is 23.3. The number of terminal acetylenes is 1. The molecule has 0 bridgehead atoms. The second-order valence-corrected chi connectivity index (χ2v) is 25.3. The van der Waals surface area contributed by atoms with E-state index in [1.807, 2.05) is 0 Å². The summed E-state index contributed by atoms with van der Waals surface area (Å²) in [6.07, 6.45) is 6.45. The largest absolute Gasteiger partial charge is 0.345 e. The molecule has 0 heterocycles. The molecule has 2 nitrogen and oxygen atoms in total. The van der Waals surface area contributed by atoms with Crippen LogP contribution >= 0.6 is 0 Å². The molecular formula is C35H54O2Si3. The van der Waals surface area contributed by atoms with Gasteiger partial charge in [-0.1, -0.05) is 74.2 Å². The Morgan fingerprint density at radius 1 is 0.475 bits per heavy atom. The summed E-state index contributed by atoms with van der Waals surface area (Å²) >= 11 is 0. The van der Waals surface area contributed by atoms with Crippen LogP contribution in [0.2, 0.25) is 54.4 Å². The zero-order chi connectivity index (χ0) is 30.8. The minimum absolute atomic E-state index is 0.461.